The van der Waals surface area contributed by atoms with Gasteiger partial charge in [0.2, 0.25) is 0 Å². The Morgan fingerprint density at radius 2 is 1.79 bits per heavy atom. The van der Waals surface area contributed by atoms with Crippen molar-refractivity contribution in [1.29, 1.82) is 5.26 Å². The summed E-state index contributed by atoms with van der Waals surface area (Å²) in [5.74, 6) is -0.343. The molecule has 0 fully saturated rings. The van der Waals surface area contributed by atoms with Crippen molar-refractivity contribution in [2.24, 2.45) is 0 Å². The minimum atomic E-state index is -0.530. The van der Waals surface area contributed by atoms with Gasteiger partial charge in [0.15, 0.2) is 0 Å². The standard InChI is InChI=1S/C14H9Br2FN2/c15-10-2-4-11(5-3-10)19-14(8-18)9-1-6-13(17)12(16)7-9/h1-7,14,19H. The van der Waals surface area contributed by atoms with Crippen molar-refractivity contribution in [3.05, 3.63) is 62.8 Å². The maximum atomic E-state index is 13.2. The van der Waals surface area contributed by atoms with Crippen LogP contribution >= 0.6 is 31.9 Å². The molecular formula is C14H9Br2FN2. The molecule has 0 radical (unpaired) electrons. The fourth-order valence-corrected chi connectivity index (χ4v) is 2.26. The molecule has 96 valence electrons. The van der Waals surface area contributed by atoms with E-state index in [1.807, 2.05) is 24.3 Å². The molecule has 0 saturated carbocycles. The minimum Gasteiger partial charge on any atom is -0.366 e. The first-order valence-corrected chi connectivity index (χ1v) is 7.05. The quantitative estimate of drug-likeness (QED) is 0.806. The molecule has 1 N–H and O–H groups in total. The van der Waals surface area contributed by atoms with Crippen LogP contribution in [-0.4, -0.2) is 0 Å². The molecule has 0 aromatic heterocycles. The van der Waals surface area contributed by atoms with Crippen LogP contribution in [0.25, 0.3) is 0 Å². The third-order valence-electron chi connectivity index (χ3n) is 2.56. The van der Waals surface area contributed by atoms with Gasteiger partial charge in [0, 0.05) is 10.2 Å². The van der Waals surface area contributed by atoms with Crippen molar-refractivity contribution in [2.75, 3.05) is 5.32 Å². The number of hydrogen-bond donors (Lipinski definition) is 1. The molecule has 0 aliphatic heterocycles. The normalized spacial score (nSPS) is 11.7. The topological polar surface area (TPSA) is 35.8 Å². The second-order valence-electron chi connectivity index (χ2n) is 3.89. The van der Waals surface area contributed by atoms with E-state index in [1.54, 1.807) is 12.1 Å². The predicted octanol–water partition coefficient (Wildman–Crippen LogP) is 5.03. The predicted molar refractivity (Wildman–Crippen MR) is 80.2 cm³/mol. The van der Waals surface area contributed by atoms with E-state index in [0.29, 0.717) is 10.0 Å². The molecule has 5 heteroatoms. The number of benzene rings is 2. The lowest BCUT2D eigenvalue weighted by atomic mass is 10.1. The third kappa shape index (κ3) is 3.55. The van der Waals surface area contributed by atoms with Gasteiger partial charge in [0.05, 0.1) is 10.5 Å². The van der Waals surface area contributed by atoms with Gasteiger partial charge in [-0.05, 0) is 57.9 Å². The van der Waals surface area contributed by atoms with Crippen LogP contribution < -0.4 is 5.32 Å². The molecule has 2 aromatic rings. The second kappa shape index (κ2) is 6.18. The highest BCUT2D eigenvalue weighted by molar-refractivity contribution is 9.10. The molecule has 0 aliphatic carbocycles. The first-order chi connectivity index (χ1) is 9.10. The van der Waals surface area contributed by atoms with Crippen LogP contribution in [0.15, 0.2) is 51.4 Å². The lowest BCUT2D eigenvalue weighted by molar-refractivity contribution is 0.620. The van der Waals surface area contributed by atoms with E-state index in [4.69, 9.17) is 0 Å². The zero-order chi connectivity index (χ0) is 13.8. The van der Waals surface area contributed by atoms with E-state index in [1.165, 1.54) is 6.07 Å². The summed E-state index contributed by atoms with van der Waals surface area (Å²) in [5, 5.41) is 12.3. The monoisotopic (exact) mass is 382 g/mol. The summed E-state index contributed by atoms with van der Waals surface area (Å²) in [6.45, 7) is 0. The van der Waals surface area contributed by atoms with Crippen molar-refractivity contribution >= 4 is 37.5 Å². The van der Waals surface area contributed by atoms with Crippen LogP contribution in [0.5, 0.6) is 0 Å². The minimum absolute atomic E-state index is 0.343. The van der Waals surface area contributed by atoms with Crippen molar-refractivity contribution in [1.82, 2.24) is 0 Å². The Labute approximate surface area is 127 Å². The maximum absolute atomic E-state index is 13.2. The Hall–Kier alpha value is -1.38. The summed E-state index contributed by atoms with van der Waals surface area (Å²) in [7, 11) is 0. The summed E-state index contributed by atoms with van der Waals surface area (Å²) in [6, 6.07) is 13.7. The average Bonchev–Trinajstić information content (AvgIpc) is 2.41. The van der Waals surface area contributed by atoms with Crippen LogP contribution in [0, 0.1) is 17.1 Å². The number of nitrogens with one attached hydrogen (secondary N) is 1. The summed E-state index contributed by atoms with van der Waals surface area (Å²) in [5.41, 5.74) is 1.54. The Kier molecular flexibility index (Phi) is 4.56. The molecule has 2 nitrogen and oxygen atoms in total. The number of hydrogen-bond acceptors (Lipinski definition) is 2. The van der Waals surface area contributed by atoms with E-state index in [2.05, 4.69) is 43.2 Å². The number of anilines is 1. The number of rotatable bonds is 3. The Morgan fingerprint density at radius 3 is 2.37 bits per heavy atom. The highest BCUT2D eigenvalue weighted by Gasteiger charge is 2.12. The van der Waals surface area contributed by atoms with E-state index in [9.17, 15) is 9.65 Å². The first-order valence-electron chi connectivity index (χ1n) is 5.47. The van der Waals surface area contributed by atoms with Gasteiger partial charge in [0.25, 0.3) is 0 Å². The molecule has 0 bridgehead atoms. The van der Waals surface area contributed by atoms with Gasteiger partial charge < -0.3 is 5.32 Å². The van der Waals surface area contributed by atoms with Gasteiger partial charge >= 0.3 is 0 Å². The number of nitrogens with zero attached hydrogens (tertiary/aromatic N) is 1. The van der Waals surface area contributed by atoms with Gasteiger partial charge in [-0.2, -0.15) is 5.26 Å². The van der Waals surface area contributed by atoms with Crippen LogP contribution in [0.4, 0.5) is 10.1 Å². The maximum Gasteiger partial charge on any atom is 0.140 e. The first kappa shape index (κ1) is 14.0. The van der Waals surface area contributed by atoms with Gasteiger partial charge in [-0.1, -0.05) is 22.0 Å². The van der Waals surface area contributed by atoms with Crippen LogP contribution in [0.2, 0.25) is 0 Å². The van der Waals surface area contributed by atoms with Crippen LogP contribution in [0.3, 0.4) is 0 Å². The van der Waals surface area contributed by atoms with Crippen LogP contribution in [0.1, 0.15) is 11.6 Å². The van der Waals surface area contributed by atoms with Gasteiger partial charge in [-0.25, -0.2) is 4.39 Å². The lowest BCUT2D eigenvalue weighted by Crippen LogP contribution is -2.08. The van der Waals surface area contributed by atoms with E-state index in [0.717, 1.165) is 10.2 Å². The molecule has 19 heavy (non-hydrogen) atoms. The molecule has 0 amide bonds. The molecule has 0 spiro atoms. The summed E-state index contributed by atoms with van der Waals surface area (Å²) >= 11 is 6.47. The van der Waals surface area contributed by atoms with E-state index >= 15 is 0 Å². The fourth-order valence-electron chi connectivity index (χ4n) is 1.59. The van der Waals surface area contributed by atoms with Crippen molar-refractivity contribution in [3.8, 4) is 6.07 Å². The van der Waals surface area contributed by atoms with Crippen molar-refractivity contribution in [2.45, 2.75) is 6.04 Å². The molecular weight excluding hydrogens is 375 g/mol. The summed E-state index contributed by atoms with van der Waals surface area (Å²) in [6.07, 6.45) is 0. The van der Waals surface area contributed by atoms with E-state index in [-0.39, 0.29) is 5.82 Å². The molecule has 1 atom stereocenters. The second-order valence-corrected chi connectivity index (χ2v) is 5.66. The highest BCUT2D eigenvalue weighted by Crippen LogP contribution is 2.24. The molecule has 0 aliphatic rings. The van der Waals surface area contributed by atoms with Crippen molar-refractivity contribution < 1.29 is 4.39 Å². The summed E-state index contributed by atoms with van der Waals surface area (Å²) in [4.78, 5) is 0. The van der Waals surface area contributed by atoms with Crippen LogP contribution in [-0.2, 0) is 0 Å². The van der Waals surface area contributed by atoms with Gasteiger partial charge in [0.1, 0.15) is 11.9 Å². The zero-order valence-corrected chi connectivity index (χ0v) is 12.9. The highest BCUT2D eigenvalue weighted by atomic mass is 79.9. The Bertz CT molecular complexity index is 620. The molecule has 0 saturated heterocycles. The fraction of sp³-hybridized carbons (Fsp3) is 0.0714. The molecule has 1 unspecified atom stereocenters. The Balaban J connectivity index is 2.23. The lowest BCUT2D eigenvalue weighted by Gasteiger charge is -2.14. The zero-order valence-electron chi connectivity index (χ0n) is 9.70. The summed E-state index contributed by atoms with van der Waals surface area (Å²) < 4.78 is 14.5. The molecule has 0 heterocycles. The number of nitriles is 1. The van der Waals surface area contributed by atoms with Gasteiger partial charge in [-0.15, -0.1) is 0 Å². The molecule has 2 aromatic carbocycles. The third-order valence-corrected chi connectivity index (χ3v) is 3.70. The smallest absolute Gasteiger partial charge is 0.140 e. The van der Waals surface area contributed by atoms with Crippen molar-refractivity contribution in [3.63, 3.8) is 0 Å². The molecule has 2 rings (SSSR count). The SMILES string of the molecule is N#CC(Nc1ccc(Br)cc1)c1ccc(F)c(Br)c1. The van der Waals surface area contributed by atoms with E-state index < -0.39 is 6.04 Å². The average molecular weight is 384 g/mol. The largest absolute Gasteiger partial charge is 0.366 e. The Morgan fingerprint density at radius 1 is 1.11 bits per heavy atom. The number of halogens is 3. The van der Waals surface area contributed by atoms with Gasteiger partial charge in [-0.3, -0.25) is 0 Å².